The molecule has 1 fully saturated rings. The van der Waals surface area contributed by atoms with Crippen molar-refractivity contribution in [2.45, 2.75) is 38.9 Å². The molecule has 13 heteroatoms. The fourth-order valence-corrected chi connectivity index (χ4v) is 12.1. The number of para-hydroxylation sites is 4. The van der Waals surface area contributed by atoms with E-state index in [1.54, 1.807) is 18.6 Å². The molecule has 0 N–H and O–H groups in total. The molecule has 0 spiro atoms. The first kappa shape index (κ1) is 51.8. The van der Waals surface area contributed by atoms with Crippen molar-refractivity contribution in [2.75, 3.05) is 0 Å². The molecule has 6 aromatic carbocycles. The quantitative estimate of drug-likeness (QED) is 0.112. The Morgan fingerprint density at radius 2 is 0.667 bits per heavy atom. The molecular formula is C74H53BN10O2. The summed E-state index contributed by atoms with van der Waals surface area (Å²) in [6.45, 7) is 8.35. The second kappa shape index (κ2) is 20.4. The first-order chi connectivity index (χ1) is 42.6. The van der Waals surface area contributed by atoms with Crippen molar-refractivity contribution in [3.8, 4) is 67.9 Å². The third kappa shape index (κ3) is 8.93. The van der Waals surface area contributed by atoms with Gasteiger partial charge in [0.15, 0.2) is 0 Å². The van der Waals surface area contributed by atoms with E-state index in [0.717, 1.165) is 150 Å². The van der Waals surface area contributed by atoms with Gasteiger partial charge < -0.3 is 9.31 Å². The minimum atomic E-state index is -0.454. The van der Waals surface area contributed by atoms with Crippen LogP contribution in [0.3, 0.4) is 0 Å². The van der Waals surface area contributed by atoms with Crippen LogP contribution in [0, 0.1) is 0 Å². The van der Waals surface area contributed by atoms with Crippen molar-refractivity contribution in [1.29, 1.82) is 0 Å². The molecule has 0 saturated carbocycles. The summed E-state index contributed by atoms with van der Waals surface area (Å²) in [7, 11) is -0.454. The Kier molecular flexibility index (Phi) is 12.2. The molecule has 0 atom stereocenters. The van der Waals surface area contributed by atoms with Crippen LogP contribution < -0.4 is 5.46 Å². The lowest BCUT2D eigenvalue weighted by Gasteiger charge is -2.32. The Morgan fingerprint density at radius 1 is 0.299 bits per heavy atom. The van der Waals surface area contributed by atoms with E-state index in [0.29, 0.717) is 0 Å². The molecule has 10 aromatic heterocycles. The lowest BCUT2D eigenvalue weighted by atomic mass is 9.78. The van der Waals surface area contributed by atoms with E-state index in [1.165, 1.54) is 0 Å². The van der Waals surface area contributed by atoms with Gasteiger partial charge in [0.2, 0.25) is 0 Å². The van der Waals surface area contributed by atoms with Gasteiger partial charge in [-0.3, -0.25) is 23.8 Å². The zero-order valence-corrected chi connectivity index (χ0v) is 48.0. The maximum absolute atomic E-state index is 6.44. The first-order valence-corrected chi connectivity index (χ1v) is 29.1. The van der Waals surface area contributed by atoms with Crippen LogP contribution in [0.2, 0.25) is 0 Å². The number of aromatic nitrogens is 10. The molecule has 0 amide bonds. The van der Waals surface area contributed by atoms with E-state index < -0.39 is 18.3 Å². The first-order valence-electron chi connectivity index (χ1n) is 29.1. The van der Waals surface area contributed by atoms with E-state index in [1.807, 2.05) is 109 Å². The summed E-state index contributed by atoms with van der Waals surface area (Å²) in [4.78, 5) is 38.7. The molecule has 1 aliphatic heterocycles. The number of benzene rings is 6. The standard InChI is InChI=1S/C39H24N6.C35H29BN4O2/c1-2-16-38-36(11-1)44-39-27-19-17-25(30-12-7-14-34(42-30)32-9-3-5-21-40-32)23-28(27)29-24-26(18-20-37(29)45(38)39)31-13-8-15-35(43-31)33-10-4-6-22-41-33;1-34(2)35(3,4)42-36(41-34)23-16-18-31-26(21-23)25-20-22(27-12-9-13-29(38-27)28-10-7-8-19-37-28)15-17-24(25)33-39-30-11-5-6-14-32(30)40(31)33/h1-24H;5-21H,1-4H3. The molecule has 0 unspecified atom stereocenters. The maximum atomic E-state index is 6.44. The van der Waals surface area contributed by atoms with E-state index in [2.05, 4.69) is 173 Å². The number of fused-ring (bicyclic) bond motifs is 16. The van der Waals surface area contributed by atoms with Crippen LogP contribution in [0.1, 0.15) is 27.7 Å². The zero-order chi connectivity index (χ0) is 58.4. The number of hydrogen-bond acceptors (Lipinski definition) is 10. The summed E-state index contributed by atoms with van der Waals surface area (Å²) < 4.78 is 17.4. The molecule has 16 aromatic rings. The lowest BCUT2D eigenvalue weighted by Crippen LogP contribution is -2.41. The summed E-state index contributed by atoms with van der Waals surface area (Å²) in [5.74, 6) is 0. The minimum Gasteiger partial charge on any atom is -0.399 e. The lowest BCUT2D eigenvalue weighted by molar-refractivity contribution is 0.00578. The molecule has 11 heterocycles. The van der Waals surface area contributed by atoms with Crippen molar-refractivity contribution < 1.29 is 9.31 Å². The van der Waals surface area contributed by atoms with Gasteiger partial charge in [0, 0.05) is 56.8 Å². The number of imidazole rings is 2. The second-order valence-corrected chi connectivity index (χ2v) is 23.0. The highest BCUT2D eigenvalue weighted by molar-refractivity contribution is 6.62. The molecule has 1 aliphatic rings. The summed E-state index contributed by atoms with van der Waals surface area (Å²) in [5, 5.41) is 6.60. The van der Waals surface area contributed by atoms with Crippen LogP contribution in [-0.2, 0) is 9.31 Å². The molecule has 1 saturated heterocycles. The summed E-state index contributed by atoms with van der Waals surface area (Å²) in [6.07, 6.45) is 5.39. The summed E-state index contributed by atoms with van der Waals surface area (Å²) >= 11 is 0. The zero-order valence-electron chi connectivity index (χ0n) is 48.0. The molecule has 12 nitrogen and oxygen atoms in total. The molecule has 414 valence electrons. The predicted octanol–water partition coefficient (Wildman–Crippen LogP) is 16.3. The maximum Gasteiger partial charge on any atom is 0.494 e. The minimum absolute atomic E-state index is 0.420. The van der Waals surface area contributed by atoms with E-state index >= 15 is 0 Å². The van der Waals surface area contributed by atoms with Crippen LogP contribution in [0.15, 0.2) is 249 Å². The largest absolute Gasteiger partial charge is 0.494 e. The van der Waals surface area contributed by atoms with Gasteiger partial charge in [0.05, 0.1) is 95.5 Å². The Hall–Kier alpha value is -10.9. The molecule has 0 bridgehead atoms. The fourth-order valence-electron chi connectivity index (χ4n) is 12.1. The van der Waals surface area contributed by atoms with Crippen molar-refractivity contribution in [3.05, 3.63) is 249 Å². The van der Waals surface area contributed by atoms with Crippen molar-refractivity contribution in [1.82, 2.24) is 48.7 Å². The van der Waals surface area contributed by atoms with Gasteiger partial charge in [0.1, 0.15) is 11.3 Å². The monoisotopic (exact) mass is 1120 g/mol. The SMILES string of the molecule is CC1(C)OB(c2ccc3c(c2)c2cc(-c4cccc(-c5ccccn5)n4)ccc2c2nc4ccccc4n32)OC1(C)C.c1ccc(-c2cccc(-c3ccc4c(c3)c3cc(-c5cccc(-c6ccccn6)n5)ccc3n3c5ccccc5nc43)n2)nc1. The Bertz CT molecular complexity index is 5370. The van der Waals surface area contributed by atoms with E-state index in [4.69, 9.17) is 34.2 Å². The predicted molar refractivity (Wildman–Crippen MR) is 351 cm³/mol. The van der Waals surface area contributed by atoms with Crippen molar-refractivity contribution in [2.24, 2.45) is 0 Å². The Morgan fingerprint density at radius 3 is 1.10 bits per heavy atom. The Balaban J connectivity index is 0.000000141. The van der Waals surface area contributed by atoms with Gasteiger partial charge in [-0.1, -0.05) is 91.0 Å². The highest BCUT2D eigenvalue weighted by Gasteiger charge is 2.51. The topological polar surface area (TPSA) is 130 Å². The normalized spacial score (nSPS) is 13.8. The molecule has 87 heavy (non-hydrogen) atoms. The van der Waals surface area contributed by atoms with Crippen LogP contribution in [0.25, 0.3) is 145 Å². The number of hydrogen-bond donors (Lipinski definition) is 0. The van der Waals surface area contributed by atoms with Crippen LogP contribution in [0.4, 0.5) is 0 Å². The Labute approximate surface area is 500 Å². The average Bonchev–Trinajstić information content (AvgIpc) is 1.78. The van der Waals surface area contributed by atoms with Gasteiger partial charge in [-0.25, -0.2) is 24.9 Å². The number of nitrogens with zero attached hydrogens (tertiary/aromatic N) is 10. The molecule has 0 radical (unpaired) electrons. The molecular weight excluding hydrogens is 1070 g/mol. The highest BCUT2D eigenvalue weighted by atomic mass is 16.7. The van der Waals surface area contributed by atoms with Crippen LogP contribution in [0.5, 0.6) is 0 Å². The fraction of sp³-hybridized carbons (Fsp3) is 0.0811. The third-order valence-electron chi connectivity index (χ3n) is 17.2. The van der Waals surface area contributed by atoms with Gasteiger partial charge in [0.25, 0.3) is 0 Å². The number of pyridine rings is 8. The number of rotatable bonds is 7. The van der Waals surface area contributed by atoms with E-state index in [9.17, 15) is 0 Å². The highest BCUT2D eigenvalue weighted by Crippen LogP contribution is 2.40. The van der Waals surface area contributed by atoms with Gasteiger partial charge >= 0.3 is 7.12 Å². The van der Waals surface area contributed by atoms with Crippen molar-refractivity contribution >= 4 is 89.3 Å². The van der Waals surface area contributed by atoms with Gasteiger partial charge in [-0.05, 0) is 183 Å². The van der Waals surface area contributed by atoms with Gasteiger partial charge in [-0.2, -0.15) is 0 Å². The second-order valence-electron chi connectivity index (χ2n) is 23.0. The summed E-state index contributed by atoms with van der Waals surface area (Å²) in [5.41, 5.74) is 19.1. The van der Waals surface area contributed by atoms with Crippen LogP contribution >= 0.6 is 0 Å². The van der Waals surface area contributed by atoms with E-state index in [-0.39, 0.29) is 0 Å². The average molecular weight is 1130 g/mol. The van der Waals surface area contributed by atoms with Crippen LogP contribution in [-0.4, -0.2) is 67.0 Å². The molecule has 0 aliphatic carbocycles. The van der Waals surface area contributed by atoms with Gasteiger partial charge in [-0.15, -0.1) is 0 Å². The third-order valence-corrected chi connectivity index (χ3v) is 17.2. The smallest absolute Gasteiger partial charge is 0.399 e. The van der Waals surface area contributed by atoms with Crippen molar-refractivity contribution in [3.63, 3.8) is 0 Å². The molecule has 17 rings (SSSR count). The summed E-state index contributed by atoms with van der Waals surface area (Å²) in [6, 6.07) is 78.7.